The van der Waals surface area contributed by atoms with Gasteiger partial charge in [-0.1, -0.05) is 89.4 Å². The Morgan fingerprint density at radius 1 is 0.396 bits per heavy atom. The highest BCUT2D eigenvalue weighted by Crippen LogP contribution is 2.36. The molecule has 6 aromatic heterocycles. The van der Waals surface area contributed by atoms with Crippen molar-refractivity contribution < 1.29 is 14.4 Å². The lowest BCUT2D eigenvalue weighted by Gasteiger charge is -2.14. The Hall–Kier alpha value is -11.9. The second-order valence-electron chi connectivity index (χ2n) is 25.2. The predicted molar refractivity (Wildman–Crippen MR) is 401 cm³/mol. The first-order valence-corrected chi connectivity index (χ1v) is 33.8. The number of nitrogens with zero attached hydrogens (tertiary/aromatic N) is 8. The van der Waals surface area contributed by atoms with Crippen LogP contribution in [0.15, 0.2) is 251 Å². The summed E-state index contributed by atoms with van der Waals surface area (Å²) in [4.78, 5) is 93.9. The van der Waals surface area contributed by atoms with Crippen LogP contribution in [0.25, 0.3) is 116 Å². The van der Waals surface area contributed by atoms with Crippen LogP contribution in [0.2, 0.25) is 15.1 Å². The summed E-state index contributed by atoms with van der Waals surface area (Å²) < 4.78 is 5.14. The Kier molecular flexibility index (Phi) is 16.5. The second-order valence-corrected chi connectivity index (χ2v) is 26.5. The highest BCUT2D eigenvalue weighted by atomic mass is 35.5. The zero-order chi connectivity index (χ0) is 69.3. The van der Waals surface area contributed by atoms with Gasteiger partial charge in [-0.05, 0) is 209 Å². The molecule has 492 valence electrons. The highest BCUT2D eigenvalue weighted by molar-refractivity contribution is 6.31. The number of aromatic nitrogens is 6. The van der Waals surface area contributed by atoms with Gasteiger partial charge in [0.2, 0.25) is 0 Å². The fraction of sp³-hybridized carbons (Fsp3) is 0.0854. The normalized spacial score (nSPS) is 13.0. The second kappa shape index (κ2) is 26.1. The number of hydrogen-bond acceptors (Lipinski definition) is 10. The molecule has 15 aromatic rings. The lowest BCUT2D eigenvalue weighted by Crippen LogP contribution is -2.26. The number of carbonyl (C=O) groups is 3. The summed E-state index contributed by atoms with van der Waals surface area (Å²) in [6.45, 7) is 2.67. The average Bonchev–Trinajstić information content (AvgIpc) is 1.19. The van der Waals surface area contributed by atoms with Crippen molar-refractivity contribution in [3.63, 3.8) is 0 Å². The van der Waals surface area contributed by atoms with Gasteiger partial charge in [-0.25, -0.2) is 0 Å². The number of carbonyl (C=O) groups excluding carboxylic acids is 3. The lowest BCUT2D eigenvalue weighted by molar-refractivity contribution is 0.0776. The van der Waals surface area contributed by atoms with E-state index in [2.05, 4.69) is 38.5 Å². The fourth-order valence-electron chi connectivity index (χ4n) is 13.9. The maximum atomic E-state index is 13.3. The molecule has 0 saturated heterocycles. The van der Waals surface area contributed by atoms with Gasteiger partial charge in [0.1, 0.15) is 0 Å². The number of benzene rings is 9. The molecule has 3 N–H and O–H groups in total. The zero-order valence-electron chi connectivity index (χ0n) is 54.0. The van der Waals surface area contributed by atoms with Crippen molar-refractivity contribution in [3.8, 4) is 50.4 Å². The first-order chi connectivity index (χ1) is 49.1. The Morgan fingerprint density at radius 3 is 1.17 bits per heavy atom. The first kappa shape index (κ1) is 63.8. The van der Waals surface area contributed by atoms with Crippen molar-refractivity contribution in [3.05, 3.63) is 316 Å². The van der Waals surface area contributed by atoms with Gasteiger partial charge in [0.15, 0.2) is 0 Å². The molecule has 3 aliphatic rings. The average molecular weight is 1380 g/mol. The van der Waals surface area contributed by atoms with Crippen molar-refractivity contribution >= 4 is 118 Å². The Morgan fingerprint density at radius 2 is 0.762 bits per heavy atom. The van der Waals surface area contributed by atoms with Gasteiger partial charge in [-0.2, -0.15) is 0 Å². The smallest absolute Gasteiger partial charge is 0.255 e. The fourth-order valence-corrected chi connectivity index (χ4v) is 14.3. The van der Waals surface area contributed by atoms with E-state index in [1.54, 1.807) is 86.7 Å². The molecule has 0 bridgehead atoms. The van der Waals surface area contributed by atoms with E-state index in [1.165, 1.54) is 0 Å². The molecular formula is C82H57Cl3N10O6. The van der Waals surface area contributed by atoms with E-state index in [0.29, 0.717) is 64.5 Å². The number of hydrogen-bond donors (Lipinski definition) is 2. The minimum atomic E-state index is -0.142. The molecule has 19 heteroatoms. The summed E-state index contributed by atoms with van der Waals surface area (Å²) in [5.74, 6) is -0.0688. The van der Waals surface area contributed by atoms with Crippen LogP contribution in [0.4, 0.5) is 0 Å². The number of pyridine rings is 6. The summed E-state index contributed by atoms with van der Waals surface area (Å²) in [5.41, 5.74) is 23.0. The molecule has 0 radical (unpaired) electrons. The minimum absolute atomic E-state index is 0.00377. The van der Waals surface area contributed by atoms with Gasteiger partial charge in [0.05, 0.1) is 33.1 Å². The molecule has 0 atom stereocenters. The number of amides is 3. The van der Waals surface area contributed by atoms with E-state index < -0.39 is 0 Å². The molecule has 0 saturated carbocycles. The lowest BCUT2D eigenvalue weighted by atomic mass is 10.0. The quantitative estimate of drug-likeness (QED) is 0.131. The van der Waals surface area contributed by atoms with E-state index in [0.717, 1.165) is 139 Å². The summed E-state index contributed by atoms with van der Waals surface area (Å²) in [5, 5.41) is 10.1. The molecule has 0 fully saturated rings. The van der Waals surface area contributed by atoms with Crippen LogP contribution < -0.4 is 27.7 Å². The van der Waals surface area contributed by atoms with Crippen LogP contribution in [0.5, 0.6) is 0 Å². The van der Waals surface area contributed by atoms with Gasteiger partial charge >= 0.3 is 0 Å². The summed E-state index contributed by atoms with van der Waals surface area (Å²) >= 11 is 18.2. The third kappa shape index (κ3) is 11.8. The number of fused-ring (bicyclic) bond motifs is 12. The van der Waals surface area contributed by atoms with Crippen molar-refractivity contribution in [2.75, 3.05) is 20.1 Å². The van der Waals surface area contributed by atoms with E-state index in [4.69, 9.17) is 40.5 Å². The molecule has 16 nitrogen and oxygen atoms in total. The van der Waals surface area contributed by atoms with Crippen LogP contribution in [-0.4, -0.2) is 76.3 Å². The molecule has 0 unspecified atom stereocenters. The molecular weight excluding hydrogens is 1330 g/mol. The van der Waals surface area contributed by atoms with Gasteiger partial charge in [0, 0.05) is 151 Å². The molecule has 18 rings (SSSR count). The first-order valence-electron chi connectivity index (χ1n) is 32.7. The zero-order valence-corrected chi connectivity index (χ0v) is 56.3. The molecule has 9 heterocycles. The number of nitrogens with one attached hydrogen (secondary N) is 1. The van der Waals surface area contributed by atoms with Gasteiger partial charge in [0.25, 0.3) is 34.4 Å². The molecule has 0 aliphatic carbocycles. The minimum Gasteiger partial charge on any atom is -0.348 e. The highest BCUT2D eigenvalue weighted by Gasteiger charge is 2.29. The monoisotopic (exact) mass is 1380 g/mol. The Balaban J connectivity index is 0.000000118. The van der Waals surface area contributed by atoms with Crippen molar-refractivity contribution in [2.45, 2.75) is 26.1 Å². The Labute approximate surface area is 591 Å². The number of rotatable bonds is 9. The van der Waals surface area contributed by atoms with Gasteiger partial charge in [-0.3, -0.25) is 57.4 Å². The summed E-state index contributed by atoms with van der Waals surface area (Å²) in [6, 6.07) is 68.0. The molecule has 3 aliphatic heterocycles. The largest absolute Gasteiger partial charge is 0.348 e. The van der Waals surface area contributed by atoms with E-state index in [9.17, 15) is 28.8 Å². The third-order valence-electron chi connectivity index (χ3n) is 18.9. The summed E-state index contributed by atoms with van der Waals surface area (Å²) in [7, 11) is 1.78. The molecule has 9 aromatic carbocycles. The van der Waals surface area contributed by atoms with E-state index >= 15 is 0 Å². The van der Waals surface area contributed by atoms with Crippen molar-refractivity contribution in [2.24, 2.45) is 5.73 Å². The van der Waals surface area contributed by atoms with Crippen molar-refractivity contribution in [1.29, 1.82) is 0 Å². The number of nitrogens with two attached hydrogens (primary N) is 1. The predicted octanol–water partition coefficient (Wildman–Crippen LogP) is 15.7. The van der Waals surface area contributed by atoms with Crippen LogP contribution in [0.1, 0.15) is 54.2 Å². The van der Waals surface area contributed by atoms with Gasteiger partial charge < -0.3 is 20.9 Å². The van der Waals surface area contributed by atoms with Crippen molar-refractivity contribution in [1.82, 2.24) is 43.8 Å². The number of halogens is 3. The topological polar surface area (TPSA) is 200 Å². The maximum Gasteiger partial charge on any atom is 0.255 e. The Bertz CT molecular complexity index is 6180. The third-order valence-corrected chi connectivity index (χ3v) is 19.7. The van der Waals surface area contributed by atoms with E-state index in [1.807, 2.05) is 163 Å². The molecule has 0 spiro atoms. The standard InChI is InChI=1S/C29H23ClN4O2.C27H18ClN3O2.C26H16ClN3O2/c30-22-6-2-18(3-7-22)19-4-10-26-25(15-19)28-20(16-32-26)5-11-27(35)34(28)23-8-9-24-21(14-23)17-33(29(24)36)13-1-12-31;1-30-15-19-12-21(8-9-22(19)27(30)33)31-25(32)11-5-18-14-29-24-10-4-17(13-23(24)26(18)31)16-2-6-20(28)7-3-16;27-19-5-1-15(2-6-19)16-3-9-23-22(12-16)25-17(13-28-23)4-10-24(31)30(25)20-7-8-21-18(11-20)14-29-26(21)32/h2-11,14-16H,1,12-13,17,31H2;2-14H,15H2,1H3;1-13H,14H2,(H,29,32). The van der Waals surface area contributed by atoms with Crippen LogP contribution in [-0.2, 0) is 19.6 Å². The maximum absolute atomic E-state index is 13.3. The molecule has 101 heavy (non-hydrogen) atoms. The van der Waals surface area contributed by atoms with Gasteiger partial charge in [-0.15, -0.1) is 0 Å². The van der Waals surface area contributed by atoms with Crippen LogP contribution in [0, 0.1) is 0 Å². The van der Waals surface area contributed by atoms with Crippen LogP contribution in [0.3, 0.4) is 0 Å². The van der Waals surface area contributed by atoms with E-state index in [-0.39, 0.29) is 34.4 Å². The SMILES string of the molecule is CN1Cc2cc(-n3c(=O)ccc4cnc5ccc(-c6ccc(Cl)cc6)cc5c43)ccc2C1=O.NCCCN1Cc2cc(-n3c(=O)ccc4cnc5ccc(-c6ccc(Cl)cc6)cc5c43)ccc2C1=O.O=C1NCc2cc(-n3c(=O)ccc4cnc5ccc(-c6ccc(Cl)cc6)cc5c43)ccc21. The van der Waals surface area contributed by atoms with Crippen LogP contribution >= 0.6 is 34.8 Å². The molecule has 3 amide bonds. The summed E-state index contributed by atoms with van der Waals surface area (Å²) in [6.07, 6.45) is 6.12.